The molecule has 1 unspecified atom stereocenters. The summed E-state index contributed by atoms with van der Waals surface area (Å²) in [5, 5.41) is 14.2. The molecule has 22 heavy (non-hydrogen) atoms. The molecule has 0 radical (unpaired) electrons. The zero-order valence-electron chi connectivity index (χ0n) is 13.2. The van der Waals surface area contributed by atoms with Crippen LogP contribution in [0.2, 0.25) is 5.02 Å². The lowest BCUT2D eigenvalue weighted by molar-refractivity contribution is 0.0682. The van der Waals surface area contributed by atoms with Crippen LogP contribution in [-0.2, 0) is 0 Å². The van der Waals surface area contributed by atoms with Crippen molar-refractivity contribution in [3.8, 4) is 5.69 Å². The summed E-state index contributed by atoms with van der Waals surface area (Å²) in [6.45, 7) is 5.49. The van der Waals surface area contributed by atoms with Crippen LogP contribution in [0.3, 0.4) is 0 Å². The van der Waals surface area contributed by atoms with Crippen molar-refractivity contribution >= 4 is 17.5 Å². The third-order valence-corrected chi connectivity index (χ3v) is 4.35. The van der Waals surface area contributed by atoms with E-state index in [9.17, 15) is 4.79 Å². The third-order valence-electron chi connectivity index (χ3n) is 3.81. The van der Waals surface area contributed by atoms with Gasteiger partial charge in [0.05, 0.1) is 34.7 Å². The molecule has 1 atom stereocenters. The summed E-state index contributed by atoms with van der Waals surface area (Å²) >= 11 is 6.15. The monoisotopic (exact) mass is 321 g/mol. The minimum atomic E-state index is -0.220. The normalized spacial score (nSPS) is 12.3. The molecule has 0 saturated heterocycles. The van der Waals surface area contributed by atoms with Crippen molar-refractivity contribution in [1.29, 1.82) is 0 Å². The van der Waals surface area contributed by atoms with E-state index in [0.29, 0.717) is 10.6 Å². The molecule has 0 spiro atoms. The Morgan fingerprint density at radius 1 is 1.36 bits per heavy atom. The van der Waals surface area contributed by atoms with Gasteiger partial charge in [-0.1, -0.05) is 11.6 Å². The van der Waals surface area contributed by atoms with E-state index in [-0.39, 0.29) is 18.6 Å². The Labute approximate surface area is 135 Å². The zero-order valence-corrected chi connectivity index (χ0v) is 13.9. The van der Waals surface area contributed by atoms with Crippen molar-refractivity contribution < 1.29 is 9.90 Å². The highest BCUT2D eigenvalue weighted by Gasteiger charge is 2.17. The predicted molar refractivity (Wildman–Crippen MR) is 86.7 cm³/mol. The smallest absolute Gasteiger partial charge is 0.253 e. The van der Waals surface area contributed by atoms with E-state index < -0.39 is 0 Å². The minimum absolute atomic E-state index is 0.0649. The maximum Gasteiger partial charge on any atom is 0.253 e. The van der Waals surface area contributed by atoms with Crippen molar-refractivity contribution in [1.82, 2.24) is 14.7 Å². The van der Waals surface area contributed by atoms with Crippen molar-refractivity contribution in [3.63, 3.8) is 0 Å². The van der Waals surface area contributed by atoms with E-state index in [4.69, 9.17) is 16.7 Å². The number of aryl methyl sites for hydroxylation is 1. The van der Waals surface area contributed by atoms with Gasteiger partial charge >= 0.3 is 0 Å². The average molecular weight is 322 g/mol. The second-order valence-electron chi connectivity index (χ2n) is 5.39. The summed E-state index contributed by atoms with van der Waals surface area (Å²) in [5.74, 6) is -0.125. The van der Waals surface area contributed by atoms with Crippen molar-refractivity contribution in [2.75, 3.05) is 13.7 Å². The lowest BCUT2D eigenvalue weighted by Crippen LogP contribution is -2.37. The Morgan fingerprint density at radius 2 is 1.95 bits per heavy atom. The van der Waals surface area contributed by atoms with Gasteiger partial charge in [0.25, 0.3) is 5.91 Å². The Kier molecular flexibility index (Phi) is 4.88. The summed E-state index contributed by atoms with van der Waals surface area (Å²) in [4.78, 5) is 13.8. The van der Waals surface area contributed by atoms with Gasteiger partial charge in [-0.2, -0.15) is 5.10 Å². The van der Waals surface area contributed by atoms with E-state index >= 15 is 0 Å². The molecule has 1 amide bonds. The van der Waals surface area contributed by atoms with E-state index in [1.165, 1.54) is 4.90 Å². The first-order valence-electron chi connectivity index (χ1n) is 7.07. The summed E-state index contributed by atoms with van der Waals surface area (Å²) in [5.41, 5.74) is 3.06. The van der Waals surface area contributed by atoms with Crippen LogP contribution in [0.4, 0.5) is 0 Å². The van der Waals surface area contributed by atoms with Crippen LogP contribution >= 0.6 is 11.6 Å². The predicted octanol–water partition coefficient (Wildman–Crippen LogP) is 2.60. The number of carbonyl (C=O) groups excluding carboxylic acids is 1. The quantitative estimate of drug-likeness (QED) is 0.941. The van der Waals surface area contributed by atoms with Crippen LogP contribution in [-0.4, -0.2) is 45.4 Å². The number of benzene rings is 1. The van der Waals surface area contributed by atoms with Crippen LogP contribution in [0.1, 0.15) is 28.7 Å². The fraction of sp³-hybridized carbons (Fsp3) is 0.375. The molecule has 1 N–H and O–H groups in total. The van der Waals surface area contributed by atoms with Crippen LogP contribution in [0.5, 0.6) is 0 Å². The van der Waals surface area contributed by atoms with Crippen molar-refractivity contribution in [2.45, 2.75) is 26.8 Å². The number of nitrogens with zero attached hydrogens (tertiary/aromatic N) is 3. The highest BCUT2D eigenvalue weighted by atomic mass is 35.5. The third kappa shape index (κ3) is 3.00. The van der Waals surface area contributed by atoms with E-state index in [0.717, 1.165) is 17.1 Å². The lowest BCUT2D eigenvalue weighted by Gasteiger charge is -2.23. The number of hydrogen-bond donors (Lipinski definition) is 1. The molecule has 0 fully saturated rings. The molecule has 1 aromatic carbocycles. The SMILES string of the molecule is Cc1nn(-c2ccc(C(=O)N(C)C(C)CO)cc2)c(C)c1Cl. The largest absolute Gasteiger partial charge is 0.394 e. The molecule has 0 aliphatic carbocycles. The van der Waals surface area contributed by atoms with Gasteiger partial charge in [0.15, 0.2) is 0 Å². The van der Waals surface area contributed by atoms with Crippen molar-refractivity contribution in [3.05, 3.63) is 46.2 Å². The van der Waals surface area contributed by atoms with Gasteiger partial charge in [-0.15, -0.1) is 0 Å². The molecule has 0 bridgehead atoms. The number of halogens is 1. The first kappa shape index (κ1) is 16.5. The number of carbonyl (C=O) groups is 1. The van der Waals surface area contributed by atoms with Crippen LogP contribution < -0.4 is 0 Å². The van der Waals surface area contributed by atoms with Crippen LogP contribution in [0.15, 0.2) is 24.3 Å². The molecule has 2 aromatic rings. The highest BCUT2D eigenvalue weighted by molar-refractivity contribution is 6.31. The maximum absolute atomic E-state index is 12.3. The number of hydrogen-bond acceptors (Lipinski definition) is 3. The number of amides is 1. The number of likely N-dealkylation sites (N-methyl/N-ethyl adjacent to an activating group) is 1. The first-order chi connectivity index (χ1) is 10.4. The summed E-state index contributed by atoms with van der Waals surface area (Å²) in [6, 6.07) is 6.95. The van der Waals surface area contributed by atoms with E-state index in [1.54, 1.807) is 30.8 Å². The Hall–Kier alpha value is -1.85. The Balaban J connectivity index is 2.27. The number of aliphatic hydroxyl groups excluding tert-OH is 1. The zero-order chi connectivity index (χ0) is 16.4. The fourth-order valence-corrected chi connectivity index (χ4v) is 2.26. The number of aromatic nitrogens is 2. The number of rotatable bonds is 4. The van der Waals surface area contributed by atoms with Crippen LogP contribution in [0.25, 0.3) is 5.69 Å². The second-order valence-corrected chi connectivity index (χ2v) is 5.77. The summed E-state index contributed by atoms with van der Waals surface area (Å²) < 4.78 is 1.76. The van der Waals surface area contributed by atoms with Gasteiger partial charge in [-0.3, -0.25) is 4.79 Å². The molecule has 5 nitrogen and oxygen atoms in total. The van der Waals surface area contributed by atoms with Gasteiger partial charge in [-0.25, -0.2) is 4.68 Å². The standard InChI is InChI=1S/C16H20ClN3O2/c1-10(9-21)19(4)16(22)13-5-7-14(8-6-13)20-12(3)15(17)11(2)18-20/h5-8,10,21H,9H2,1-4H3. The molecule has 1 heterocycles. The lowest BCUT2D eigenvalue weighted by atomic mass is 10.1. The van der Waals surface area contributed by atoms with Gasteiger partial charge in [0, 0.05) is 12.6 Å². The van der Waals surface area contributed by atoms with Gasteiger partial charge in [-0.05, 0) is 45.0 Å². The molecule has 0 saturated carbocycles. The van der Waals surface area contributed by atoms with Crippen LogP contribution in [0, 0.1) is 13.8 Å². The highest BCUT2D eigenvalue weighted by Crippen LogP contribution is 2.22. The maximum atomic E-state index is 12.3. The fourth-order valence-electron chi connectivity index (χ4n) is 2.15. The molecule has 0 aliphatic heterocycles. The molecule has 0 aliphatic rings. The van der Waals surface area contributed by atoms with Gasteiger partial charge in [0.1, 0.15) is 0 Å². The second kappa shape index (κ2) is 6.50. The molecule has 118 valence electrons. The molecule has 2 rings (SSSR count). The van der Waals surface area contributed by atoms with Crippen molar-refractivity contribution in [2.24, 2.45) is 0 Å². The van der Waals surface area contributed by atoms with Gasteiger partial charge < -0.3 is 10.0 Å². The first-order valence-corrected chi connectivity index (χ1v) is 7.44. The van der Waals surface area contributed by atoms with Gasteiger partial charge in [0.2, 0.25) is 0 Å². The Bertz CT molecular complexity index is 679. The summed E-state index contributed by atoms with van der Waals surface area (Å²) in [6.07, 6.45) is 0. The molecule has 1 aromatic heterocycles. The molecule has 6 heteroatoms. The minimum Gasteiger partial charge on any atom is -0.394 e. The molecular weight excluding hydrogens is 302 g/mol. The molecular formula is C16H20ClN3O2. The Morgan fingerprint density at radius 3 is 2.41 bits per heavy atom. The van der Waals surface area contributed by atoms with E-state index in [2.05, 4.69) is 5.10 Å². The number of aliphatic hydroxyl groups is 1. The summed E-state index contributed by atoms with van der Waals surface area (Å²) in [7, 11) is 1.68. The average Bonchev–Trinajstić information content (AvgIpc) is 2.80. The topological polar surface area (TPSA) is 58.4 Å². The van der Waals surface area contributed by atoms with E-state index in [1.807, 2.05) is 26.0 Å².